The number of rotatable bonds is 10. The van der Waals surface area contributed by atoms with Crippen molar-refractivity contribution in [2.75, 3.05) is 33.8 Å². The molecule has 0 aliphatic carbocycles. The first-order chi connectivity index (χ1) is 16.3. The van der Waals surface area contributed by atoms with Gasteiger partial charge in [-0.3, -0.25) is 4.79 Å². The molecule has 0 radical (unpaired) electrons. The first kappa shape index (κ1) is 24.9. The number of carbonyl (C=O) groups is 1. The molecule has 0 aliphatic rings. The Balaban J connectivity index is 2.03. The van der Waals surface area contributed by atoms with Gasteiger partial charge in [-0.1, -0.05) is 24.3 Å². The van der Waals surface area contributed by atoms with E-state index in [9.17, 15) is 13.2 Å². The Kier molecular flexibility index (Phi) is 8.01. The van der Waals surface area contributed by atoms with Crippen molar-refractivity contribution in [3.63, 3.8) is 0 Å². The van der Waals surface area contributed by atoms with E-state index >= 15 is 0 Å². The zero-order chi connectivity index (χ0) is 24.7. The van der Waals surface area contributed by atoms with Gasteiger partial charge in [0.05, 0.1) is 39.0 Å². The van der Waals surface area contributed by atoms with E-state index in [4.69, 9.17) is 18.9 Å². The minimum Gasteiger partial charge on any atom is -0.497 e. The van der Waals surface area contributed by atoms with Crippen LogP contribution >= 0.6 is 0 Å². The largest absolute Gasteiger partial charge is 0.497 e. The third kappa shape index (κ3) is 5.43. The van der Waals surface area contributed by atoms with Crippen LogP contribution in [-0.2, 0) is 14.6 Å². The molecule has 3 aromatic carbocycles. The number of methoxy groups -OCH3 is 4. The fraction of sp³-hybridized carbons (Fsp3) is 0.240. The molecular weight excluding hydrogens is 458 g/mol. The molecule has 0 heterocycles. The van der Waals surface area contributed by atoms with E-state index in [-0.39, 0.29) is 11.3 Å². The average Bonchev–Trinajstić information content (AvgIpc) is 2.87. The van der Waals surface area contributed by atoms with E-state index in [0.717, 1.165) is 0 Å². The average molecular weight is 486 g/mol. The van der Waals surface area contributed by atoms with Crippen molar-refractivity contribution in [1.29, 1.82) is 0 Å². The molecule has 0 spiro atoms. The highest BCUT2D eigenvalue weighted by atomic mass is 32.2. The Morgan fingerprint density at radius 3 is 2.03 bits per heavy atom. The predicted octanol–water partition coefficient (Wildman–Crippen LogP) is 4.26. The standard InChI is InChI=1S/C25H27NO7S/c1-30-17-11-13-22(32-3)21(14-17)26-25(27)16-24(34(28,29)19-8-6-5-7-9-19)20-12-10-18(31-2)15-23(20)33-4/h5-15,24H,16H2,1-4H3,(H,26,27). The number of anilines is 1. The number of carbonyl (C=O) groups excluding carboxylic acids is 1. The van der Waals surface area contributed by atoms with Crippen LogP contribution in [0.3, 0.4) is 0 Å². The third-order valence-electron chi connectivity index (χ3n) is 5.29. The lowest BCUT2D eigenvalue weighted by Crippen LogP contribution is -2.22. The van der Waals surface area contributed by atoms with E-state index in [0.29, 0.717) is 34.2 Å². The predicted molar refractivity (Wildman–Crippen MR) is 129 cm³/mol. The minimum absolute atomic E-state index is 0.102. The SMILES string of the molecule is COc1ccc(OC)c(NC(=O)CC(c2ccc(OC)cc2OC)S(=O)(=O)c2ccccc2)c1. The maximum Gasteiger partial charge on any atom is 0.226 e. The van der Waals surface area contributed by atoms with Crippen LogP contribution in [0.1, 0.15) is 17.2 Å². The smallest absolute Gasteiger partial charge is 0.226 e. The van der Waals surface area contributed by atoms with Crippen molar-refractivity contribution in [2.45, 2.75) is 16.6 Å². The van der Waals surface area contributed by atoms with Gasteiger partial charge < -0.3 is 24.3 Å². The molecule has 180 valence electrons. The molecule has 3 rings (SSSR count). The molecule has 9 heteroatoms. The number of hydrogen-bond acceptors (Lipinski definition) is 7. The van der Waals surface area contributed by atoms with Crippen molar-refractivity contribution < 1.29 is 32.2 Å². The highest BCUT2D eigenvalue weighted by Crippen LogP contribution is 2.39. The van der Waals surface area contributed by atoms with Crippen LogP contribution in [0.2, 0.25) is 0 Å². The van der Waals surface area contributed by atoms with Crippen molar-refractivity contribution in [2.24, 2.45) is 0 Å². The van der Waals surface area contributed by atoms with Crippen molar-refractivity contribution in [3.8, 4) is 23.0 Å². The number of nitrogens with one attached hydrogen (secondary N) is 1. The normalized spacial score (nSPS) is 11.9. The summed E-state index contributed by atoms with van der Waals surface area (Å²) >= 11 is 0. The van der Waals surface area contributed by atoms with E-state index in [1.165, 1.54) is 40.6 Å². The molecule has 1 amide bonds. The molecular formula is C25H27NO7S. The Morgan fingerprint density at radius 1 is 0.794 bits per heavy atom. The Hall–Kier alpha value is -3.72. The Bertz CT molecular complexity index is 1240. The molecule has 0 aromatic heterocycles. The summed E-state index contributed by atoms with van der Waals surface area (Å²) in [6, 6.07) is 17.8. The van der Waals surface area contributed by atoms with Crippen LogP contribution < -0.4 is 24.3 Å². The van der Waals surface area contributed by atoms with Gasteiger partial charge in [-0.2, -0.15) is 0 Å². The van der Waals surface area contributed by atoms with Gasteiger partial charge in [-0.15, -0.1) is 0 Å². The molecule has 0 saturated carbocycles. The number of hydrogen-bond donors (Lipinski definition) is 1. The second kappa shape index (κ2) is 10.9. The van der Waals surface area contributed by atoms with Crippen LogP contribution in [0.25, 0.3) is 0 Å². The summed E-state index contributed by atoms with van der Waals surface area (Å²) in [4.78, 5) is 13.2. The summed E-state index contributed by atoms with van der Waals surface area (Å²) in [5, 5.41) is 1.53. The maximum atomic E-state index is 13.7. The highest BCUT2D eigenvalue weighted by molar-refractivity contribution is 7.91. The molecule has 3 aromatic rings. The lowest BCUT2D eigenvalue weighted by atomic mass is 10.1. The molecule has 8 nitrogen and oxygen atoms in total. The molecule has 0 fully saturated rings. The van der Waals surface area contributed by atoms with Crippen LogP contribution in [0.4, 0.5) is 5.69 Å². The topological polar surface area (TPSA) is 100 Å². The number of sulfone groups is 1. The lowest BCUT2D eigenvalue weighted by Gasteiger charge is -2.21. The van der Waals surface area contributed by atoms with E-state index in [1.54, 1.807) is 54.6 Å². The van der Waals surface area contributed by atoms with Gasteiger partial charge in [0, 0.05) is 24.1 Å². The molecule has 0 bridgehead atoms. The highest BCUT2D eigenvalue weighted by Gasteiger charge is 2.34. The second-order valence-corrected chi connectivity index (χ2v) is 9.40. The minimum atomic E-state index is -3.96. The number of amides is 1. The molecule has 1 unspecified atom stereocenters. The molecule has 34 heavy (non-hydrogen) atoms. The lowest BCUT2D eigenvalue weighted by molar-refractivity contribution is -0.116. The molecule has 0 aliphatic heterocycles. The van der Waals surface area contributed by atoms with E-state index in [2.05, 4.69) is 5.32 Å². The summed E-state index contributed by atoms with van der Waals surface area (Å²) in [6.45, 7) is 0. The van der Waals surface area contributed by atoms with Crippen LogP contribution in [-0.4, -0.2) is 42.8 Å². The maximum absolute atomic E-state index is 13.7. The van der Waals surface area contributed by atoms with Crippen LogP contribution in [0.5, 0.6) is 23.0 Å². The molecule has 1 atom stereocenters. The van der Waals surface area contributed by atoms with Gasteiger partial charge in [-0.05, 0) is 30.3 Å². The van der Waals surface area contributed by atoms with Gasteiger partial charge >= 0.3 is 0 Å². The van der Waals surface area contributed by atoms with E-state index in [1.807, 2.05) is 0 Å². The summed E-state index contributed by atoms with van der Waals surface area (Å²) in [7, 11) is 1.96. The molecule has 0 saturated heterocycles. The van der Waals surface area contributed by atoms with Gasteiger partial charge in [0.15, 0.2) is 9.84 Å². The summed E-state index contributed by atoms with van der Waals surface area (Å²) < 4.78 is 48.5. The zero-order valence-corrected chi connectivity index (χ0v) is 20.2. The summed E-state index contributed by atoms with van der Waals surface area (Å²) in [5.74, 6) is 1.21. The summed E-state index contributed by atoms with van der Waals surface area (Å²) in [5.41, 5.74) is 0.712. The van der Waals surface area contributed by atoms with Gasteiger partial charge in [0.1, 0.15) is 28.2 Å². The fourth-order valence-corrected chi connectivity index (χ4v) is 5.29. The Morgan fingerprint density at radius 2 is 1.41 bits per heavy atom. The van der Waals surface area contributed by atoms with Crippen LogP contribution in [0.15, 0.2) is 71.6 Å². The first-order valence-corrected chi connectivity index (χ1v) is 11.9. The van der Waals surface area contributed by atoms with Crippen molar-refractivity contribution in [1.82, 2.24) is 0 Å². The van der Waals surface area contributed by atoms with Gasteiger partial charge in [0.2, 0.25) is 5.91 Å². The Labute approximate surface area is 199 Å². The van der Waals surface area contributed by atoms with Gasteiger partial charge in [-0.25, -0.2) is 8.42 Å². The molecule has 1 N–H and O–H groups in total. The summed E-state index contributed by atoms with van der Waals surface area (Å²) in [6.07, 6.45) is -0.361. The zero-order valence-electron chi connectivity index (χ0n) is 19.4. The second-order valence-electron chi connectivity index (χ2n) is 7.27. The monoisotopic (exact) mass is 485 g/mol. The third-order valence-corrected chi connectivity index (χ3v) is 7.38. The quantitative estimate of drug-likeness (QED) is 0.458. The number of ether oxygens (including phenoxy) is 4. The van der Waals surface area contributed by atoms with Crippen molar-refractivity contribution in [3.05, 3.63) is 72.3 Å². The number of benzene rings is 3. The van der Waals surface area contributed by atoms with Gasteiger partial charge in [0.25, 0.3) is 0 Å². The first-order valence-electron chi connectivity index (χ1n) is 10.4. The van der Waals surface area contributed by atoms with E-state index < -0.39 is 21.0 Å². The van der Waals surface area contributed by atoms with Crippen LogP contribution in [0, 0.1) is 0 Å². The van der Waals surface area contributed by atoms with Crippen molar-refractivity contribution >= 4 is 21.4 Å². The fourth-order valence-electron chi connectivity index (χ4n) is 3.53.